The zero-order chi connectivity index (χ0) is 16.8. The van der Waals surface area contributed by atoms with Crippen LogP contribution in [0.25, 0.3) is 0 Å². The molecule has 0 fully saturated rings. The summed E-state index contributed by atoms with van der Waals surface area (Å²) in [7, 11) is 0. The average Bonchev–Trinajstić information content (AvgIpc) is 2.57. The monoisotopic (exact) mass is 328 g/mol. The maximum atomic E-state index is 8.67. The van der Waals surface area contributed by atoms with E-state index in [9.17, 15) is 0 Å². The van der Waals surface area contributed by atoms with Crippen molar-refractivity contribution < 1.29 is 9.84 Å². The van der Waals surface area contributed by atoms with E-state index in [1.165, 1.54) is 89.9 Å². The van der Waals surface area contributed by atoms with Gasteiger partial charge in [0.25, 0.3) is 0 Å². The molecule has 0 aliphatic heterocycles. The summed E-state index contributed by atoms with van der Waals surface area (Å²) in [4.78, 5) is 0. The highest BCUT2D eigenvalue weighted by atomic mass is 16.5. The Hall–Kier alpha value is -0.0800. The van der Waals surface area contributed by atoms with Crippen molar-refractivity contribution in [2.75, 3.05) is 19.8 Å². The van der Waals surface area contributed by atoms with Gasteiger partial charge < -0.3 is 9.84 Å². The van der Waals surface area contributed by atoms with Crippen LogP contribution < -0.4 is 0 Å². The van der Waals surface area contributed by atoms with Gasteiger partial charge in [0.1, 0.15) is 0 Å². The van der Waals surface area contributed by atoms with Gasteiger partial charge in [0.2, 0.25) is 0 Å². The number of unbranched alkanes of at least 4 members (excludes halogenated alkanes) is 15. The number of aliphatic hydroxyl groups is 1. The van der Waals surface area contributed by atoms with Crippen LogP contribution in [0.3, 0.4) is 0 Å². The summed E-state index contributed by atoms with van der Waals surface area (Å²) in [6.45, 7) is 4.41. The predicted octanol–water partition coefficient (Wildman–Crippen LogP) is 6.65. The second-order valence-corrected chi connectivity index (χ2v) is 6.99. The minimum Gasteiger partial charge on any atom is -0.396 e. The van der Waals surface area contributed by atoms with Gasteiger partial charge in [0.05, 0.1) is 0 Å². The Labute approximate surface area is 146 Å². The molecule has 0 aromatic heterocycles. The van der Waals surface area contributed by atoms with Crippen molar-refractivity contribution in [2.45, 2.75) is 116 Å². The van der Waals surface area contributed by atoms with Gasteiger partial charge in [-0.25, -0.2) is 0 Å². The lowest BCUT2D eigenvalue weighted by atomic mass is 10.0. The van der Waals surface area contributed by atoms with E-state index in [-0.39, 0.29) is 0 Å². The van der Waals surface area contributed by atoms with Crippen molar-refractivity contribution >= 4 is 0 Å². The first kappa shape index (κ1) is 22.9. The normalized spacial score (nSPS) is 11.2. The fourth-order valence-electron chi connectivity index (χ4n) is 2.99. The van der Waals surface area contributed by atoms with Crippen LogP contribution in [-0.2, 0) is 4.74 Å². The maximum absolute atomic E-state index is 8.67. The maximum Gasteiger partial charge on any atom is 0.0466 e. The predicted molar refractivity (Wildman–Crippen MR) is 102 cm³/mol. The largest absolute Gasteiger partial charge is 0.396 e. The molecule has 0 bridgehead atoms. The standard InChI is InChI=1S/C21H44O2/c1-2-3-4-5-6-7-8-9-10-11-12-13-14-17-20-23-21-18-15-16-19-22/h22H,2-21H2,1H3. The molecule has 0 aromatic rings. The average molecular weight is 329 g/mol. The molecule has 0 saturated heterocycles. The van der Waals surface area contributed by atoms with Crippen LogP contribution in [0, 0.1) is 0 Å². The molecule has 0 unspecified atom stereocenters. The van der Waals surface area contributed by atoms with Crippen LogP contribution in [0.5, 0.6) is 0 Å². The lowest BCUT2D eigenvalue weighted by Gasteiger charge is -2.05. The Balaban J connectivity index is 2.92. The summed E-state index contributed by atoms with van der Waals surface area (Å²) in [5.74, 6) is 0. The molecule has 0 amide bonds. The van der Waals surface area contributed by atoms with E-state index in [2.05, 4.69) is 6.92 Å². The summed E-state index contributed by atoms with van der Waals surface area (Å²) in [6.07, 6.45) is 22.8. The van der Waals surface area contributed by atoms with Crippen molar-refractivity contribution in [1.82, 2.24) is 0 Å². The Kier molecular flexibility index (Phi) is 21.8. The molecule has 0 aromatic carbocycles. The Morgan fingerprint density at radius 1 is 0.478 bits per heavy atom. The number of ether oxygens (including phenoxy) is 1. The minimum atomic E-state index is 0.318. The first-order chi connectivity index (χ1) is 11.4. The highest BCUT2D eigenvalue weighted by Gasteiger charge is 1.95. The van der Waals surface area contributed by atoms with Crippen LogP contribution in [0.1, 0.15) is 116 Å². The lowest BCUT2D eigenvalue weighted by Crippen LogP contribution is -1.97. The molecule has 0 rings (SSSR count). The fraction of sp³-hybridized carbons (Fsp3) is 1.00. The molecule has 2 heteroatoms. The van der Waals surface area contributed by atoms with Crippen LogP contribution in [0.15, 0.2) is 0 Å². The van der Waals surface area contributed by atoms with Crippen LogP contribution >= 0.6 is 0 Å². The van der Waals surface area contributed by atoms with Gasteiger partial charge in [0.15, 0.2) is 0 Å². The summed E-state index contributed by atoms with van der Waals surface area (Å²) >= 11 is 0. The van der Waals surface area contributed by atoms with Crippen molar-refractivity contribution in [3.8, 4) is 0 Å². The number of rotatable bonds is 20. The number of aliphatic hydroxyl groups excluding tert-OH is 1. The quantitative estimate of drug-likeness (QED) is 0.254. The molecule has 23 heavy (non-hydrogen) atoms. The molecule has 0 aliphatic carbocycles. The molecular weight excluding hydrogens is 284 g/mol. The molecule has 0 heterocycles. The number of hydrogen-bond donors (Lipinski definition) is 1. The van der Waals surface area contributed by atoms with Crippen LogP contribution in [0.2, 0.25) is 0 Å². The van der Waals surface area contributed by atoms with Gasteiger partial charge in [-0.2, -0.15) is 0 Å². The van der Waals surface area contributed by atoms with E-state index in [0.29, 0.717) is 6.61 Å². The SMILES string of the molecule is CCCCCCCCCCCCCCCCOCCCCCO. The summed E-state index contributed by atoms with van der Waals surface area (Å²) in [5.41, 5.74) is 0. The van der Waals surface area contributed by atoms with Gasteiger partial charge in [-0.1, -0.05) is 90.4 Å². The highest BCUT2D eigenvalue weighted by Crippen LogP contribution is 2.12. The molecular formula is C21H44O2. The number of hydrogen-bond acceptors (Lipinski definition) is 2. The van der Waals surface area contributed by atoms with Gasteiger partial charge >= 0.3 is 0 Å². The summed E-state index contributed by atoms with van der Waals surface area (Å²) in [6, 6.07) is 0. The topological polar surface area (TPSA) is 29.5 Å². The van der Waals surface area contributed by atoms with Gasteiger partial charge in [-0.05, 0) is 25.7 Å². The van der Waals surface area contributed by atoms with Crippen LogP contribution in [-0.4, -0.2) is 24.9 Å². The van der Waals surface area contributed by atoms with Crippen molar-refractivity contribution in [1.29, 1.82) is 0 Å². The second kappa shape index (κ2) is 21.9. The first-order valence-corrected chi connectivity index (χ1v) is 10.6. The molecule has 2 nitrogen and oxygen atoms in total. The summed E-state index contributed by atoms with van der Waals surface area (Å²) in [5, 5.41) is 8.67. The molecule has 0 radical (unpaired) electrons. The van der Waals surface area contributed by atoms with Gasteiger partial charge in [-0.15, -0.1) is 0 Å². The third-order valence-electron chi connectivity index (χ3n) is 4.59. The van der Waals surface area contributed by atoms with Crippen molar-refractivity contribution in [2.24, 2.45) is 0 Å². The van der Waals surface area contributed by atoms with Gasteiger partial charge in [-0.3, -0.25) is 0 Å². The lowest BCUT2D eigenvalue weighted by molar-refractivity contribution is 0.124. The van der Waals surface area contributed by atoms with E-state index in [4.69, 9.17) is 9.84 Å². The smallest absolute Gasteiger partial charge is 0.0466 e. The summed E-state index contributed by atoms with van der Waals surface area (Å²) < 4.78 is 5.61. The Bertz CT molecular complexity index is 174. The molecule has 0 atom stereocenters. The molecule has 1 N–H and O–H groups in total. The Morgan fingerprint density at radius 2 is 0.826 bits per heavy atom. The molecule has 140 valence electrons. The molecule has 0 saturated carbocycles. The molecule has 0 aliphatic rings. The second-order valence-electron chi connectivity index (χ2n) is 6.99. The van der Waals surface area contributed by atoms with Crippen molar-refractivity contribution in [3.05, 3.63) is 0 Å². The van der Waals surface area contributed by atoms with E-state index < -0.39 is 0 Å². The Morgan fingerprint density at radius 3 is 1.22 bits per heavy atom. The van der Waals surface area contributed by atoms with E-state index in [1.807, 2.05) is 0 Å². The zero-order valence-electron chi connectivity index (χ0n) is 16.0. The fourth-order valence-corrected chi connectivity index (χ4v) is 2.99. The zero-order valence-corrected chi connectivity index (χ0v) is 16.0. The van der Waals surface area contributed by atoms with Crippen LogP contribution in [0.4, 0.5) is 0 Å². The highest BCUT2D eigenvalue weighted by molar-refractivity contribution is 4.49. The van der Waals surface area contributed by atoms with E-state index in [0.717, 1.165) is 32.5 Å². The third-order valence-corrected chi connectivity index (χ3v) is 4.59. The van der Waals surface area contributed by atoms with E-state index >= 15 is 0 Å². The van der Waals surface area contributed by atoms with Gasteiger partial charge in [0, 0.05) is 19.8 Å². The van der Waals surface area contributed by atoms with E-state index in [1.54, 1.807) is 0 Å². The molecule has 0 spiro atoms. The third kappa shape index (κ3) is 21.9. The minimum absolute atomic E-state index is 0.318. The first-order valence-electron chi connectivity index (χ1n) is 10.6. The van der Waals surface area contributed by atoms with Crippen molar-refractivity contribution in [3.63, 3.8) is 0 Å².